The second kappa shape index (κ2) is 12.6. The Balaban J connectivity index is 1.14. The van der Waals surface area contributed by atoms with Crippen molar-refractivity contribution >= 4 is 65.2 Å². The summed E-state index contributed by atoms with van der Waals surface area (Å²) in [6, 6.07) is 70.5. The molecule has 0 bridgehead atoms. The molecular weight excluding hydrogens is 741 g/mol. The molecule has 3 aromatic heterocycles. The van der Waals surface area contributed by atoms with E-state index in [9.17, 15) is 0 Å². The molecule has 61 heavy (non-hydrogen) atoms. The van der Waals surface area contributed by atoms with Gasteiger partial charge in [-0.3, -0.25) is 4.57 Å². The first-order valence-corrected chi connectivity index (χ1v) is 21.1. The van der Waals surface area contributed by atoms with Crippen LogP contribution in [0.1, 0.15) is 25.1 Å². The fourth-order valence-electron chi connectivity index (χ4n) is 10.2. The maximum absolute atomic E-state index is 5.76. The molecule has 0 spiro atoms. The molecule has 0 amide bonds. The van der Waals surface area contributed by atoms with E-state index in [4.69, 9.17) is 9.97 Å². The number of para-hydroxylation sites is 2. The van der Waals surface area contributed by atoms with Gasteiger partial charge in [-0.1, -0.05) is 141 Å². The Bertz CT molecular complexity index is 3690. The van der Waals surface area contributed by atoms with Crippen molar-refractivity contribution in [1.82, 2.24) is 19.1 Å². The molecule has 1 aliphatic rings. The average molecular weight is 779 g/mol. The van der Waals surface area contributed by atoms with Gasteiger partial charge in [0.05, 0.1) is 27.8 Å². The summed E-state index contributed by atoms with van der Waals surface area (Å²) in [7, 11) is 0. The molecule has 3 heterocycles. The number of nitrogens with zero attached hydrogens (tertiary/aromatic N) is 4. The van der Waals surface area contributed by atoms with E-state index in [0.717, 1.165) is 44.9 Å². The number of benzene rings is 9. The maximum Gasteiger partial charge on any atom is 0.161 e. The summed E-state index contributed by atoms with van der Waals surface area (Å²) in [5.41, 5.74) is 13.3. The lowest BCUT2D eigenvalue weighted by Gasteiger charge is -2.22. The highest BCUT2D eigenvalue weighted by atomic mass is 15.1. The van der Waals surface area contributed by atoms with Gasteiger partial charge in [-0.2, -0.15) is 0 Å². The van der Waals surface area contributed by atoms with E-state index in [1.165, 1.54) is 70.9 Å². The SMILES string of the molecule is CC1(C)c2cc(-c3ccccc3)ccc2-c2c(-n3c4cc5ccccc5cc4c4cc5ccccc5cc43)nc(-c3ccc4c(c3)c3ccccc3n4-c3ccccc3)nc21. The minimum absolute atomic E-state index is 0.409. The fraction of sp³-hybridized carbons (Fsp3) is 0.0526. The third kappa shape index (κ3) is 4.93. The van der Waals surface area contributed by atoms with Crippen LogP contribution in [-0.2, 0) is 5.41 Å². The van der Waals surface area contributed by atoms with Gasteiger partial charge in [0.2, 0.25) is 0 Å². The lowest BCUT2D eigenvalue weighted by molar-refractivity contribution is 0.635. The predicted octanol–water partition coefficient (Wildman–Crippen LogP) is 14.6. The zero-order valence-electron chi connectivity index (χ0n) is 33.8. The summed E-state index contributed by atoms with van der Waals surface area (Å²) in [6.45, 7) is 4.66. The summed E-state index contributed by atoms with van der Waals surface area (Å²) in [5, 5.41) is 9.63. The normalized spacial score (nSPS) is 13.2. The Morgan fingerprint density at radius 1 is 0.393 bits per heavy atom. The summed E-state index contributed by atoms with van der Waals surface area (Å²) in [5.74, 6) is 1.62. The molecule has 0 saturated carbocycles. The lowest BCUT2D eigenvalue weighted by Crippen LogP contribution is -2.18. The van der Waals surface area contributed by atoms with Crippen LogP contribution in [-0.4, -0.2) is 19.1 Å². The highest BCUT2D eigenvalue weighted by Gasteiger charge is 2.41. The van der Waals surface area contributed by atoms with Crippen LogP contribution in [0.3, 0.4) is 0 Å². The van der Waals surface area contributed by atoms with Gasteiger partial charge >= 0.3 is 0 Å². The molecular formula is C57H38N4. The number of hydrogen-bond acceptors (Lipinski definition) is 2. The first-order chi connectivity index (χ1) is 30.0. The van der Waals surface area contributed by atoms with E-state index >= 15 is 0 Å². The lowest BCUT2D eigenvalue weighted by atomic mass is 9.84. The molecule has 0 fully saturated rings. The third-order valence-electron chi connectivity index (χ3n) is 13.2. The van der Waals surface area contributed by atoms with Crippen LogP contribution >= 0.6 is 0 Å². The molecule has 0 unspecified atom stereocenters. The Hall–Kier alpha value is -7.82. The van der Waals surface area contributed by atoms with Gasteiger partial charge in [-0.05, 0) is 111 Å². The van der Waals surface area contributed by atoms with Gasteiger partial charge in [-0.25, -0.2) is 9.97 Å². The van der Waals surface area contributed by atoms with Crippen molar-refractivity contribution in [3.05, 3.63) is 205 Å². The van der Waals surface area contributed by atoms with E-state index in [-0.39, 0.29) is 0 Å². The zero-order valence-corrected chi connectivity index (χ0v) is 33.8. The van der Waals surface area contributed by atoms with Gasteiger partial charge in [0, 0.05) is 43.8 Å². The first-order valence-electron chi connectivity index (χ1n) is 21.1. The standard InChI is InChI=1S/C57H38N4/c1-57(2)48-32-40(35-15-5-3-6-16-35)25-27-44(48)53-54(57)58-55(41-26-28-50-45(31-41)43-23-13-14-24-49(43)60(50)42-21-7-4-8-22-42)59-56(53)61-51-33-38-19-11-9-17-36(38)29-46(51)47-30-37-18-10-12-20-39(37)34-52(47)61/h3-34H,1-2H3. The number of aromatic nitrogens is 4. The maximum atomic E-state index is 5.76. The van der Waals surface area contributed by atoms with Crippen LogP contribution < -0.4 is 0 Å². The van der Waals surface area contributed by atoms with E-state index in [0.29, 0.717) is 5.82 Å². The van der Waals surface area contributed by atoms with Gasteiger partial charge in [-0.15, -0.1) is 0 Å². The predicted molar refractivity (Wildman–Crippen MR) is 254 cm³/mol. The molecule has 9 aromatic carbocycles. The van der Waals surface area contributed by atoms with Gasteiger partial charge in [0.1, 0.15) is 5.82 Å². The van der Waals surface area contributed by atoms with Gasteiger partial charge in [0.15, 0.2) is 5.82 Å². The molecule has 12 aromatic rings. The van der Waals surface area contributed by atoms with Crippen molar-refractivity contribution in [3.63, 3.8) is 0 Å². The summed E-state index contributed by atoms with van der Waals surface area (Å²) < 4.78 is 4.80. The largest absolute Gasteiger partial charge is 0.309 e. The Kier molecular flexibility index (Phi) is 7.04. The number of hydrogen-bond donors (Lipinski definition) is 0. The topological polar surface area (TPSA) is 35.6 Å². The number of fused-ring (bicyclic) bond motifs is 11. The molecule has 0 saturated heterocycles. The molecule has 13 rings (SSSR count). The Morgan fingerprint density at radius 2 is 0.951 bits per heavy atom. The van der Waals surface area contributed by atoms with Crippen molar-refractivity contribution in [3.8, 4) is 45.1 Å². The zero-order chi connectivity index (χ0) is 40.4. The molecule has 4 heteroatoms. The van der Waals surface area contributed by atoms with Crippen LogP contribution in [0, 0.1) is 0 Å². The second-order valence-corrected chi connectivity index (χ2v) is 17.0. The van der Waals surface area contributed by atoms with Crippen LogP contribution in [0.15, 0.2) is 194 Å². The van der Waals surface area contributed by atoms with Crippen molar-refractivity contribution < 1.29 is 0 Å². The first kappa shape index (κ1) is 34.1. The second-order valence-electron chi connectivity index (χ2n) is 17.0. The number of rotatable bonds is 4. The van der Waals surface area contributed by atoms with Gasteiger partial charge < -0.3 is 4.57 Å². The van der Waals surface area contributed by atoms with Crippen molar-refractivity contribution in [1.29, 1.82) is 0 Å². The molecule has 1 aliphatic carbocycles. The summed E-state index contributed by atoms with van der Waals surface area (Å²) >= 11 is 0. The average Bonchev–Trinajstić information content (AvgIpc) is 3.89. The molecule has 0 radical (unpaired) electrons. The molecule has 4 nitrogen and oxygen atoms in total. The van der Waals surface area contributed by atoms with Crippen LogP contribution in [0.25, 0.3) is 110 Å². The molecule has 0 atom stereocenters. The third-order valence-corrected chi connectivity index (χ3v) is 13.2. The van der Waals surface area contributed by atoms with Crippen molar-refractivity contribution in [2.45, 2.75) is 19.3 Å². The van der Waals surface area contributed by atoms with Crippen LogP contribution in [0.4, 0.5) is 0 Å². The highest BCUT2D eigenvalue weighted by Crippen LogP contribution is 2.52. The quantitative estimate of drug-likeness (QED) is 0.178. The smallest absolute Gasteiger partial charge is 0.161 e. The van der Waals surface area contributed by atoms with Gasteiger partial charge in [0.25, 0.3) is 0 Å². The Morgan fingerprint density at radius 3 is 1.64 bits per heavy atom. The minimum atomic E-state index is -0.409. The molecule has 0 N–H and O–H groups in total. The molecule has 286 valence electrons. The molecule has 0 aliphatic heterocycles. The Labute approximate surface area is 352 Å². The van der Waals surface area contributed by atoms with Crippen LogP contribution in [0.5, 0.6) is 0 Å². The van der Waals surface area contributed by atoms with Crippen molar-refractivity contribution in [2.24, 2.45) is 0 Å². The van der Waals surface area contributed by atoms with E-state index < -0.39 is 5.41 Å². The van der Waals surface area contributed by atoms with E-state index in [1.807, 2.05) is 0 Å². The van der Waals surface area contributed by atoms with E-state index in [2.05, 4.69) is 217 Å². The monoisotopic (exact) mass is 778 g/mol. The minimum Gasteiger partial charge on any atom is -0.309 e. The van der Waals surface area contributed by atoms with Crippen molar-refractivity contribution in [2.75, 3.05) is 0 Å². The van der Waals surface area contributed by atoms with E-state index in [1.54, 1.807) is 0 Å². The summed E-state index contributed by atoms with van der Waals surface area (Å²) in [6.07, 6.45) is 0. The fourth-order valence-corrected chi connectivity index (χ4v) is 10.2. The van der Waals surface area contributed by atoms with Crippen LogP contribution in [0.2, 0.25) is 0 Å². The highest BCUT2D eigenvalue weighted by molar-refractivity contribution is 6.17. The summed E-state index contributed by atoms with van der Waals surface area (Å²) in [4.78, 5) is 11.4.